The van der Waals surface area contributed by atoms with Gasteiger partial charge in [-0.05, 0) is 42.5 Å². The molecule has 0 aliphatic rings. The fourth-order valence-electron chi connectivity index (χ4n) is 3.15. The molecule has 0 amide bonds. The van der Waals surface area contributed by atoms with E-state index in [-0.39, 0.29) is 22.1 Å². The Kier molecular flexibility index (Phi) is 5.81. The number of sulfone groups is 1. The van der Waals surface area contributed by atoms with E-state index in [0.717, 1.165) is 11.0 Å². The van der Waals surface area contributed by atoms with E-state index in [9.17, 15) is 13.2 Å². The van der Waals surface area contributed by atoms with Gasteiger partial charge in [0.05, 0.1) is 20.5 Å². The van der Waals surface area contributed by atoms with Crippen LogP contribution in [0.5, 0.6) is 0 Å². The molecular formula is C21H16Cl2N4O4S. The van der Waals surface area contributed by atoms with Crippen LogP contribution in [0.1, 0.15) is 0 Å². The standard InChI is InChI=1S/C21H16Cl2N4O4S/c1-31-27-19-12(10-15(20(27)28)18-16(22)4-3-5-17(18)23)11-24-21(26-19)25-13-6-8-14(9-7-13)32(2,29)30/h3-11H,1-2H3,(H,24,25,26). The quantitative estimate of drug-likeness (QED) is 0.451. The van der Waals surface area contributed by atoms with Crippen molar-refractivity contribution in [3.8, 4) is 11.1 Å². The third-order valence-corrected chi connectivity index (χ3v) is 6.41. The zero-order valence-electron chi connectivity index (χ0n) is 16.8. The molecule has 4 aromatic rings. The van der Waals surface area contributed by atoms with Crippen LogP contribution in [0.2, 0.25) is 10.0 Å². The van der Waals surface area contributed by atoms with E-state index >= 15 is 0 Å². The summed E-state index contributed by atoms with van der Waals surface area (Å²) in [7, 11) is -1.96. The lowest BCUT2D eigenvalue weighted by atomic mass is 10.1. The first-order valence-electron chi connectivity index (χ1n) is 9.18. The average Bonchev–Trinajstić information content (AvgIpc) is 2.74. The Hall–Kier alpha value is -3.14. The summed E-state index contributed by atoms with van der Waals surface area (Å²) in [4.78, 5) is 27.3. The Labute approximate surface area is 193 Å². The average molecular weight is 491 g/mol. The largest absolute Gasteiger partial charge is 0.412 e. The van der Waals surface area contributed by atoms with Crippen molar-refractivity contribution in [2.24, 2.45) is 0 Å². The summed E-state index contributed by atoms with van der Waals surface area (Å²) in [5.74, 6) is 0.193. The Bertz CT molecular complexity index is 1480. The number of nitrogens with one attached hydrogen (secondary N) is 1. The summed E-state index contributed by atoms with van der Waals surface area (Å²) in [6.45, 7) is 0. The van der Waals surface area contributed by atoms with Gasteiger partial charge in [-0.15, -0.1) is 4.73 Å². The van der Waals surface area contributed by atoms with Gasteiger partial charge in [-0.25, -0.2) is 13.4 Å². The highest BCUT2D eigenvalue weighted by molar-refractivity contribution is 7.90. The van der Waals surface area contributed by atoms with Crippen LogP contribution in [0.25, 0.3) is 22.2 Å². The van der Waals surface area contributed by atoms with Crippen molar-refractivity contribution in [1.29, 1.82) is 0 Å². The van der Waals surface area contributed by atoms with Crippen molar-refractivity contribution >= 4 is 55.7 Å². The lowest BCUT2D eigenvalue weighted by Crippen LogP contribution is -2.27. The number of halogens is 2. The van der Waals surface area contributed by atoms with Crippen molar-refractivity contribution in [2.45, 2.75) is 4.90 Å². The molecule has 0 unspecified atom stereocenters. The highest BCUT2D eigenvalue weighted by Crippen LogP contribution is 2.33. The minimum atomic E-state index is -3.30. The van der Waals surface area contributed by atoms with Crippen LogP contribution in [0.3, 0.4) is 0 Å². The highest BCUT2D eigenvalue weighted by atomic mass is 35.5. The molecular weight excluding hydrogens is 475 g/mol. The first-order chi connectivity index (χ1) is 15.2. The Balaban J connectivity index is 1.79. The number of hydrogen-bond acceptors (Lipinski definition) is 7. The van der Waals surface area contributed by atoms with Gasteiger partial charge in [-0.1, -0.05) is 29.3 Å². The van der Waals surface area contributed by atoms with E-state index in [1.54, 1.807) is 36.4 Å². The van der Waals surface area contributed by atoms with Gasteiger partial charge in [0.1, 0.15) is 7.11 Å². The number of nitrogens with zero attached hydrogens (tertiary/aromatic N) is 3. The normalized spacial score (nSPS) is 11.5. The Morgan fingerprint density at radius 3 is 2.31 bits per heavy atom. The van der Waals surface area contributed by atoms with Crippen LogP contribution < -0.4 is 15.7 Å². The number of benzene rings is 2. The monoisotopic (exact) mass is 490 g/mol. The number of aromatic nitrogens is 3. The molecule has 0 bridgehead atoms. The Morgan fingerprint density at radius 1 is 1.06 bits per heavy atom. The summed E-state index contributed by atoms with van der Waals surface area (Å²) in [6.07, 6.45) is 2.66. The van der Waals surface area contributed by atoms with Gasteiger partial charge < -0.3 is 10.2 Å². The van der Waals surface area contributed by atoms with Crippen molar-refractivity contribution in [3.63, 3.8) is 0 Å². The molecule has 4 rings (SSSR count). The third-order valence-electron chi connectivity index (χ3n) is 4.66. The summed E-state index contributed by atoms with van der Waals surface area (Å²) in [5.41, 5.74) is 0.951. The van der Waals surface area contributed by atoms with Crippen LogP contribution in [0.15, 0.2) is 64.4 Å². The maximum atomic E-state index is 13.1. The molecule has 164 valence electrons. The SMILES string of the molecule is COn1c(=O)c(-c2c(Cl)cccc2Cl)cc2cnc(Nc3ccc(S(C)(=O)=O)cc3)nc21. The molecule has 8 nitrogen and oxygen atoms in total. The van der Waals surface area contributed by atoms with E-state index in [0.29, 0.717) is 26.7 Å². The molecule has 0 radical (unpaired) electrons. The van der Waals surface area contributed by atoms with Crippen LogP contribution >= 0.6 is 23.2 Å². The third kappa shape index (κ3) is 4.14. The second-order valence-corrected chi connectivity index (χ2v) is 9.66. The van der Waals surface area contributed by atoms with E-state index in [1.807, 2.05) is 0 Å². The fraction of sp³-hybridized carbons (Fsp3) is 0.0952. The maximum Gasteiger partial charge on any atom is 0.293 e. The second kappa shape index (κ2) is 8.42. The first-order valence-corrected chi connectivity index (χ1v) is 11.8. The summed E-state index contributed by atoms with van der Waals surface area (Å²) in [6, 6.07) is 12.7. The van der Waals surface area contributed by atoms with Gasteiger partial charge in [0, 0.05) is 29.1 Å². The minimum absolute atomic E-state index is 0.193. The molecule has 0 atom stereocenters. The van der Waals surface area contributed by atoms with Crippen LogP contribution in [-0.4, -0.2) is 36.5 Å². The molecule has 0 aliphatic heterocycles. The van der Waals surface area contributed by atoms with Gasteiger partial charge in [0.2, 0.25) is 5.95 Å². The topological polar surface area (TPSA) is 103 Å². The van der Waals surface area contributed by atoms with Crippen molar-refractivity contribution in [1.82, 2.24) is 14.7 Å². The van der Waals surface area contributed by atoms with E-state index in [2.05, 4.69) is 15.3 Å². The number of pyridine rings is 1. The molecule has 2 aromatic carbocycles. The second-order valence-electron chi connectivity index (χ2n) is 6.83. The van der Waals surface area contributed by atoms with E-state index < -0.39 is 15.4 Å². The van der Waals surface area contributed by atoms with Crippen LogP contribution in [0, 0.1) is 0 Å². The molecule has 0 fully saturated rings. The minimum Gasteiger partial charge on any atom is -0.412 e. The lowest BCUT2D eigenvalue weighted by Gasteiger charge is -2.13. The van der Waals surface area contributed by atoms with Gasteiger partial charge in [0.15, 0.2) is 15.5 Å². The molecule has 2 aromatic heterocycles. The predicted octanol–water partition coefficient (Wildman–Crippen LogP) is 3.97. The summed E-state index contributed by atoms with van der Waals surface area (Å²) >= 11 is 12.6. The van der Waals surface area contributed by atoms with Gasteiger partial charge in [-0.3, -0.25) is 4.79 Å². The fourth-order valence-corrected chi connectivity index (χ4v) is 4.38. The highest BCUT2D eigenvalue weighted by Gasteiger charge is 2.18. The smallest absolute Gasteiger partial charge is 0.293 e. The first kappa shape index (κ1) is 22.1. The predicted molar refractivity (Wildman–Crippen MR) is 125 cm³/mol. The van der Waals surface area contributed by atoms with Gasteiger partial charge in [0.25, 0.3) is 5.56 Å². The number of hydrogen-bond donors (Lipinski definition) is 1. The molecule has 0 spiro atoms. The lowest BCUT2D eigenvalue weighted by molar-refractivity contribution is 0.168. The molecule has 0 aliphatic carbocycles. The maximum absolute atomic E-state index is 13.1. The molecule has 11 heteroatoms. The van der Waals surface area contributed by atoms with E-state index in [4.69, 9.17) is 28.0 Å². The molecule has 32 heavy (non-hydrogen) atoms. The molecule has 0 saturated heterocycles. The van der Waals surface area contributed by atoms with Crippen molar-refractivity contribution < 1.29 is 13.3 Å². The zero-order valence-corrected chi connectivity index (χ0v) is 19.2. The van der Waals surface area contributed by atoms with Crippen molar-refractivity contribution in [3.05, 3.63) is 75.1 Å². The zero-order chi connectivity index (χ0) is 23.0. The molecule has 0 saturated carbocycles. The molecule has 2 heterocycles. The number of anilines is 2. The van der Waals surface area contributed by atoms with Crippen LogP contribution in [-0.2, 0) is 9.84 Å². The number of rotatable bonds is 5. The number of fused-ring (bicyclic) bond motifs is 1. The summed E-state index contributed by atoms with van der Waals surface area (Å²) < 4.78 is 24.3. The van der Waals surface area contributed by atoms with Gasteiger partial charge in [-0.2, -0.15) is 4.98 Å². The Morgan fingerprint density at radius 2 is 1.72 bits per heavy atom. The van der Waals surface area contributed by atoms with E-state index in [1.165, 1.54) is 25.4 Å². The van der Waals surface area contributed by atoms with Crippen LogP contribution in [0.4, 0.5) is 11.6 Å². The molecule has 1 N–H and O–H groups in total. The summed E-state index contributed by atoms with van der Waals surface area (Å²) in [5, 5.41) is 4.16. The van der Waals surface area contributed by atoms with Gasteiger partial charge >= 0.3 is 0 Å². The van der Waals surface area contributed by atoms with Crippen molar-refractivity contribution in [2.75, 3.05) is 18.7 Å².